The van der Waals surface area contributed by atoms with Crippen LogP contribution in [0.4, 0.5) is 0 Å². The van der Waals surface area contributed by atoms with Gasteiger partial charge in [-0.1, -0.05) is 26.0 Å². The summed E-state index contributed by atoms with van der Waals surface area (Å²) in [6.07, 6.45) is 7.28. The lowest BCUT2D eigenvalue weighted by atomic mass is 10.1. The maximum absolute atomic E-state index is 12.5. The van der Waals surface area contributed by atoms with E-state index in [1.54, 1.807) is 10.7 Å². The van der Waals surface area contributed by atoms with Gasteiger partial charge in [-0.2, -0.15) is 5.10 Å². The van der Waals surface area contributed by atoms with Crippen molar-refractivity contribution in [2.45, 2.75) is 26.8 Å². The summed E-state index contributed by atoms with van der Waals surface area (Å²) in [5, 5.41) is 16.9. The monoisotopic (exact) mass is 360 g/mol. The summed E-state index contributed by atoms with van der Waals surface area (Å²) in [7, 11) is 0. The SMILES string of the molecule is C/C=C(/N=C(SC)C(=O)NC(CO)C(C)C)c1cnn2ccccc12. The molecule has 0 saturated heterocycles. The molecule has 2 heterocycles. The first-order valence-corrected chi connectivity index (χ1v) is 9.37. The van der Waals surface area contributed by atoms with Crippen LogP contribution in [0.25, 0.3) is 11.2 Å². The summed E-state index contributed by atoms with van der Waals surface area (Å²) in [5.41, 5.74) is 2.48. The Bertz CT molecular complexity index is 795. The maximum Gasteiger partial charge on any atom is 0.276 e. The fourth-order valence-corrected chi connectivity index (χ4v) is 2.80. The zero-order valence-electron chi connectivity index (χ0n) is 14.9. The molecule has 0 fully saturated rings. The highest BCUT2D eigenvalue weighted by atomic mass is 32.2. The predicted molar refractivity (Wildman–Crippen MR) is 104 cm³/mol. The third kappa shape index (κ3) is 4.49. The Morgan fingerprint density at radius 2 is 2.24 bits per heavy atom. The molecule has 0 aliphatic heterocycles. The van der Waals surface area contributed by atoms with Crippen LogP contribution in [0.15, 0.2) is 41.7 Å². The van der Waals surface area contributed by atoms with Crippen molar-refractivity contribution in [2.24, 2.45) is 10.9 Å². The molecule has 6 nitrogen and oxygen atoms in total. The van der Waals surface area contributed by atoms with Gasteiger partial charge in [-0.3, -0.25) is 4.79 Å². The Balaban J connectivity index is 2.31. The van der Waals surface area contributed by atoms with Crippen LogP contribution in [0.1, 0.15) is 26.3 Å². The molecular weight excluding hydrogens is 336 g/mol. The van der Waals surface area contributed by atoms with Gasteiger partial charge in [-0.15, -0.1) is 11.8 Å². The Labute approximate surface area is 152 Å². The van der Waals surface area contributed by atoms with Gasteiger partial charge < -0.3 is 10.4 Å². The van der Waals surface area contributed by atoms with E-state index in [1.165, 1.54) is 11.8 Å². The van der Waals surface area contributed by atoms with Crippen molar-refractivity contribution in [3.05, 3.63) is 42.2 Å². The molecule has 0 aromatic carbocycles. The number of aromatic nitrogens is 2. The van der Waals surface area contributed by atoms with Gasteiger partial charge in [0.2, 0.25) is 0 Å². The number of aliphatic imine (C=N–C) groups is 1. The number of nitrogens with one attached hydrogen (secondary N) is 1. The van der Waals surface area contributed by atoms with Crippen LogP contribution >= 0.6 is 11.8 Å². The molecule has 1 amide bonds. The van der Waals surface area contributed by atoms with Gasteiger partial charge in [-0.25, -0.2) is 9.51 Å². The molecule has 0 aliphatic carbocycles. The number of aliphatic hydroxyl groups is 1. The second kappa shape index (κ2) is 8.82. The van der Waals surface area contributed by atoms with E-state index in [0.29, 0.717) is 10.7 Å². The van der Waals surface area contributed by atoms with Crippen LogP contribution in [0, 0.1) is 5.92 Å². The molecule has 0 bridgehead atoms. The smallest absolute Gasteiger partial charge is 0.276 e. The molecule has 2 aromatic rings. The molecule has 7 heteroatoms. The average molecular weight is 360 g/mol. The standard InChI is InChI=1S/C18H24N4O2S/c1-5-14(13-10-19-22-9-7-6-8-16(13)22)21-18(25-4)17(24)20-15(11-23)12(2)3/h5-10,12,15,23H,11H2,1-4H3,(H,20,24)/b14-5+,21-18?. The van der Waals surface area contributed by atoms with Gasteiger partial charge in [0.1, 0.15) is 0 Å². The van der Waals surface area contributed by atoms with Gasteiger partial charge >= 0.3 is 0 Å². The van der Waals surface area contributed by atoms with E-state index in [1.807, 2.05) is 57.5 Å². The Morgan fingerprint density at radius 1 is 1.48 bits per heavy atom. The van der Waals surface area contributed by atoms with Gasteiger partial charge in [0.05, 0.1) is 30.1 Å². The summed E-state index contributed by atoms with van der Waals surface area (Å²) in [6.45, 7) is 5.68. The Hall–Kier alpha value is -2.12. The van der Waals surface area contributed by atoms with Gasteiger partial charge in [0.25, 0.3) is 5.91 Å². The van der Waals surface area contributed by atoms with E-state index in [-0.39, 0.29) is 24.5 Å². The first-order valence-electron chi connectivity index (χ1n) is 8.15. The number of hydrogen-bond acceptors (Lipinski definition) is 5. The summed E-state index contributed by atoms with van der Waals surface area (Å²) < 4.78 is 1.77. The number of thioether (sulfide) groups is 1. The number of allylic oxidation sites excluding steroid dienone is 1. The zero-order chi connectivity index (χ0) is 18.4. The van der Waals surface area contributed by atoms with E-state index in [4.69, 9.17) is 0 Å². The molecule has 1 unspecified atom stereocenters. The van der Waals surface area contributed by atoms with Crippen molar-refractivity contribution in [2.75, 3.05) is 12.9 Å². The molecule has 1 atom stereocenters. The molecule has 0 spiro atoms. The molecule has 0 aliphatic rings. The summed E-state index contributed by atoms with van der Waals surface area (Å²) >= 11 is 1.28. The first-order chi connectivity index (χ1) is 12.0. The van der Waals surface area contributed by atoms with Crippen LogP contribution in [0.2, 0.25) is 0 Å². The lowest BCUT2D eigenvalue weighted by Crippen LogP contribution is -2.43. The highest BCUT2D eigenvalue weighted by Crippen LogP contribution is 2.22. The van der Waals surface area contributed by atoms with Gasteiger partial charge in [0, 0.05) is 11.8 Å². The molecule has 134 valence electrons. The largest absolute Gasteiger partial charge is 0.394 e. The highest BCUT2D eigenvalue weighted by Gasteiger charge is 2.19. The summed E-state index contributed by atoms with van der Waals surface area (Å²) in [4.78, 5) is 17.1. The molecule has 2 aromatic heterocycles. The molecule has 0 saturated carbocycles. The van der Waals surface area contributed by atoms with E-state index in [2.05, 4.69) is 15.4 Å². The molecule has 0 radical (unpaired) electrons. The summed E-state index contributed by atoms with van der Waals surface area (Å²) in [6, 6.07) is 5.51. The van der Waals surface area contributed by atoms with E-state index < -0.39 is 0 Å². The maximum atomic E-state index is 12.5. The number of carbonyl (C=O) groups excluding carboxylic acids is 1. The summed E-state index contributed by atoms with van der Waals surface area (Å²) in [5.74, 6) is -0.145. The third-order valence-corrected chi connectivity index (χ3v) is 4.57. The number of pyridine rings is 1. The van der Waals surface area contributed by atoms with Crippen LogP contribution in [-0.2, 0) is 4.79 Å². The van der Waals surface area contributed by atoms with Crippen molar-refractivity contribution in [3.8, 4) is 0 Å². The third-order valence-electron chi connectivity index (χ3n) is 3.90. The normalized spacial score (nSPS) is 14.2. The van der Waals surface area contributed by atoms with Crippen LogP contribution in [0.5, 0.6) is 0 Å². The number of hydrogen-bond donors (Lipinski definition) is 2. The van der Waals surface area contributed by atoms with Crippen molar-refractivity contribution >= 4 is 33.9 Å². The van der Waals surface area contributed by atoms with E-state index in [9.17, 15) is 9.90 Å². The molecule has 2 N–H and O–H groups in total. The number of fused-ring (bicyclic) bond motifs is 1. The first kappa shape index (κ1) is 19.2. The number of amides is 1. The minimum atomic E-state index is -0.295. The fraction of sp³-hybridized carbons (Fsp3) is 0.389. The molecular formula is C18H24N4O2S. The number of carbonyl (C=O) groups is 1. The van der Waals surface area contributed by atoms with Crippen LogP contribution in [0.3, 0.4) is 0 Å². The van der Waals surface area contributed by atoms with Gasteiger partial charge in [-0.05, 0) is 31.2 Å². The number of aliphatic hydroxyl groups excluding tert-OH is 1. The molecule has 25 heavy (non-hydrogen) atoms. The van der Waals surface area contributed by atoms with Crippen molar-refractivity contribution in [1.82, 2.24) is 14.9 Å². The number of rotatable bonds is 5. The predicted octanol–water partition coefficient (Wildman–Crippen LogP) is 2.59. The minimum absolute atomic E-state index is 0.102. The topological polar surface area (TPSA) is 79.0 Å². The van der Waals surface area contributed by atoms with E-state index in [0.717, 1.165) is 11.1 Å². The zero-order valence-corrected chi connectivity index (χ0v) is 15.7. The van der Waals surface area contributed by atoms with Crippen molar-refractivity contribution in [1.29, 1.82) is 0 Å². The second-order valence-electron chi connectivity index (χ2n) is 5.89. The van der Waals surface area contributed by atoms with Crippen LogP contribution in [-0.4, -0.2) is 44.6 Å². The van der Waals surface area contributed by atoms with Gasteiger partial charge in [0.15, 0.2) is 5.04 Å². The Morgan fingerprint density at radius 3 is 2.84 bits per heavy atom. The van der Waals surface area contributed by atoms with Crippen molar-refractivity contribution in [3.63, 3.8) is 0 Å². The second-order valence-corrected chi connectivity index (χ2v) is 6.69. The fourth-order valence-electron chi connectivity index (χ4n) is 2.36. The average Bonchev–Trinajstić information content (AvgIpc) is 3.04. The molecule has 2 rings (SSSR count). The lowest BCUT2D eigenvalue weighted by Gasteiger charge is -2.20. The van der Waals surface area contributed by atoms with Crippen LogP contribution < -0.4 is 5.32 Å². The van der Waals surface area contributed by atoms with E-state index >= 15 is 0 Å². The minimum Gasteiger partial charge on any atom is -0.394 e. The van der Waals surface area contributed by atoms with Crippen molar-refractivity contribution < 1.29 is 9.90 Å². The highest BCUT2D eigenvalue weighted by molar-refractivity contribution is 8.15. The Kier molecular flexibility index (Phi) is 6.78. The quantitative estimate of drug-likeness (QED) is 0.634. The number of nitrogens with zero attached hydrogens (tertiary/aromatic N) is 3. The lowest BCUT2D eigenvalue weighted by molar-refractivity contribution is -0.115.